The van der Waals surface area contributed by atoms with Crippen molar-refractivity contribution in [2.24, 2.45) is 5.92 Å². The van der Waals surface area contributed by atoms with Crippen LogP contribution in [-0.4, -0.2) is 99.5 Å². The fraction of sp³-hybridized carbons (Fsp3) is 0.486. The van der Waals surface area contributed by atoms with E-state index in [1.807, 2.05) is 0 Å². The Labute approximate surface area is 308 Å². The van der Waals surface area contributed by atoms with Crippen LogP contribution in [0.15, 0.2) is 39.5 Å². The van der Waals surface area contributed by atoms with Gasteiger partial charge in [0.2, 0.25) is 0 Å². The van der Waals surface area contributed by atoms with Crippen molar-refractivity contribution in [3.05, 3.63) is 51.9 Å². The lowest BCUT2D eigenvalue weighted by Crippen LogP contribution is -2.27. The number of Topliss-reactive ketones (excluding diaryl/α,β-unsaturated/α-hetero) is 1. The molecule has 0 radical (unpaired) electrons. The smallest absolute Gasteiger partial charge is 0.340 e. The largest absolute Gasteiger partial charge is 0.508 e. The van der Waals surface area contributed by atoms with Crippen LogP contribution in [0.2, 0.25) is 0 Å². The Bertz CT molecular complexity index is 1640. The molecule has 2 aromatic carbocycles. The highest BCUT2D eigenvalue weighted by atomic mass is 16.5. The topological polar surface area (TPSA) is 224 Å². The zero-order chi connectivity index (χ0) is 39.2. The Morgan fingerprint density at radius 3 is 1.79 bits per heavy atom. The number of phenols is 3. The molecular weight excluding hydrogens is 700 g/mol. The number of aryl methyl sites for hydroxylation is 1. The summed E-state index contributed by atoms with van der Waals surface area (Å²) >= 11 is 0. The molecule has 53 heavy (non-hydrogen) atoms. The number of rotatable bonds is 17. The highest BCUT2D eigenvalue weighted by Crippen LogP contribution is 2.33. The third kappa shape index (κ3) is 17.1. The van der Waals surface area contributed by atoms with Gasteiger partial charge in [-0.25, -0.2) is 4.79 Å². The van der Waals surface area contributed by atoms with E-state index in [0.29, 0.717) is 42.3 Å². The third-order valence-corrected chi connectivity index (χ3v) is 6.67. The predicted molar refractivity (Wildman–Crippen MR) is 193 cm³/mol. The maximum Gasteiger partial charge on any atom is 0.340 e. The van der Waals surface area contributed by atoms with E-state index in [1.165, 1.54) is 37.3 Å². The fourth-order valence-corrected chi connectivity index (χ4v) is 4.32. The van der Waals surface area contributed by atoms with Gasteiger partial charge in [-0.2, -0.15) is 0 Å². The zero-order valence-electron chi connectivity index (χ0n) is 30.5. The molecule has 0 amide bonds. The molecule has 0 bridgehead atoms. The van der Waals surface area contributed by atoms with Crippen molar-refractivity contribution >= 4 is 34.7 Å². The van der Waals surface area contributed by atoms with Crippen molar-refractivity contribution in [2.75, 3.05) is 60.5 Å². The molecule has 16 heteroatoms. The van der Waals surface area contributed by atoms with Gasteiger partial charge in [0.25, 0.3) is 0 Å². The van der Waals surface area contributed by atoms with Crippen LogP contribution < -0.4 is 15.1 Å². The average molecular weight is 753 g/mol. The molecule has 1 aromatic heterocycles. The number of esters is 3. The van der Waals surface area contributed by atoms with Gasteiger partial charge < -0.3 is 52.9 Å². The number of aromatic hydroxyl groups is 3. The number of fused-ring (bicyclic) bond motifs is 1. The van der Waals surface area contributed by atoms with E-state index in [1.54, 1.807) is 41.9 Å². The summed E-state index contributed by atoms with van der Waals surface area (Å²) in [5.41, 5.74) is 0.323. The molecule has 3 rings (SSSR count). The average Bonchev–Trinajstić information content (AvgIpc) is 3.06. The molecule has 296 valence electrons. The van der Waals surface area contributed by atoms with Gasteiger partial charge in [0.05, 0.1) is 56.8 Å². The fourth-order valence-electron chi connectivity index (χ4n) is 4.32. The number of ketones is 1. The molecule has 0 saturated heterocycles. The Morgan fingerprint density at radius 1 is 0.736 bits per heavy atom. The van der Waals surface area contributed by atoms with Crippen molar-refractivity contribution in [2.45, 2.75) is 54.9 Å². The Kier molecular flexibility index (Phi) is 23.0. The van der Waals surface area contributed by atoms with Crippen LogP contribution in [0.3, 0.4) is 0 Å². The van der Waals surface area contributed by atoms with Gasteiger partial charge in [-0.3, -0.25) is 19.2 Å². The van der Waals surface area contributed by atoms with Crippen LogP contribution in [0.5, 0.6) is 28.7 Å². The second kappa shape index (κ2) is 25.6. The highest BCUT2D eigenvalue weighted by Gasteiger charge is 2.28. The number of methoxy groups -OCH3 is 2. The summed E-state index contributed by atoms with van der Waals surface area (Å²) in [6.45, 7) is 10.1. The molecule has 0 aliphatic heterocycles. The SMILES string of the molecule is C.CCOC(=O)CC(C(C)=O)C(=O)OCC.CCOC(=O)Cc1c(C)c2c(OCCOC)cc(O)cc2oc1=O.COCCOc1cc(O)cc(O)c1. The quantitative estimate of drug-likeness (QED) is 0.0571. The zero-order valence-corrected chi connectivity index (χ0v) is 30.5. The summed E-state index contributed by atoms with van der Waals surface area (Å²) in [7, 11) is 3.12. The van der Waals surface area contributed by atoms with Crippen molar-refractivity contribution in [3.8, 4) is 28.7 Å². The molecule has 16 nitrogen and oxygen atoms in total. The minimum absolute atomic E-state index is 0. The summed E-state index contributed by atoms with van der Waals surface area (Å²) in [4.78, 5) is 57.3. The standard InChI is InChI=1S/C17H20O7.C10H16O5.C9H12O4.CH4/c1-4-22-15(19)9-12-10(2)16-13(23-6-5-21-3)7-11(18)8-14(16)24-17(12)20;1-4-14-9(12)6-8(7(3)11)10(13)15-5-2;1-12-2-3-13-9-5-7(10)4-8(11)6-9;/h7-8,18H,4-6,9H2,1-3H3;8H,4-6H2,1-3H3;4-6,10-11H,2-3H2,1H3;1H4. The first-order valence-electron chi connectivity index (χ1n) is 16.3. The van der Waals surface area contributed by atoms with Crippen LogP contribution in [0.4, 0.5) is 0 Å². The lowest BCUT2D eigenvalue weighted by molar-refractivity contribution is -0.157. The lowest BCUT2D eigenvalue weighted by atomic mass is 10.0. The van der Waals surface area contributed by atoms with Gasteiger partial charge in [0.15, 0.2) is 0 Å². The maximum absolute atomic E-state index is 12.2. The van der Waals surface area contributed by atoms with Gasteiger partial charge >= 0.3 is 23.5 Å². The normalized spacial score (nSPS) is 10.6. The summed E-state index contributed by atoms with van der Waals surface area (Å²) < 4.78 is 39.9. The molecule has 0 spiro atoms. The van der Waals surface area contributed by atoms with Crippen LogP contribution in [0.25, 0.3) is 11.0 Å². The maximum atomic E-state index is 12.2. The first-order valence-corrected chi connectivity index (χ1v) is 16.3. The molecule has 1 atom stereocenters. The van der Waals surface area contributed by atoms with Gasteiger partial charge in [-0.1, -0.05) is 7.43 Å². The van der Waals surface area contributed by atoms with Crippen LogP contribution in [0, 0.1) is 12.8 Å². The Balaban J connectivity index is 0.000000809. The number of hydrogen-bond acceptors (Lipinski definition) is 16. The van der Waals surface area contributed by atoms with Gasteiger partial charge in [-0.05, 0) is 40.2 Å². The highest BCUT2D eigenvalue weighted by molar-refractivity contribution is 6.00. The molecule has 0 fully saturated rings. The Morgan fingerprint density at radius 2 is 1.26 bits per heavy atom. The number of benzene rings is 2. The summed E-state index contributed by atoms with van der Waals surface area (Å²) in [5, 5.41) is 28.5. The van der Waals surface area contributed by atoms with Gasteiger partial charge in [0.1, 0.15) is 59.2 Å². The molecule has 0 aliphatic carbocycles. The number of hydrogen-bond donors (Lipinski definition) is 3. The van der Waals surface area contributed by atoms with Gasteiger partial charge in [0, 0.05) is 44.6 Å². The van der Waals surface area contributed by atoms with Crippen LogP contribution in [0.1, 0.15) is 52.7 Å². The first kappa shape index (κ1) is 47.7. The van der Waals surface area contributed by atoms with Crippen molar-refractivity contribution in [3.63, 3.8) is 0 Å². The first-order chi connectivity index (χ1) is 24.7. The van der Waals surface area contributed by atoms with E-state index in [4.69, 9.17) is 38.3 Å². The van der Waals surface area contributed by atoms with E-state index >= 15 is 0 Å². The molecule has 0 saturated carbocycles. The second-order valence-electron chi connectivity index (χ2n) is 10.6. The van der Waals surface area contributed by atoms with Crippen LogP contribution in [-0.2, 0) is 49.3 Å². The van der Waals surface area contributed by atoms with Crippen molar-refractivity contribution in [1.29, 1.82) is 0 Å². The molecule has 3 N–H and O–H groups in total. The lowest BCUT2D eigenvalue weighted by Gasteiger charge is -2.13. The minimum Gasteiger partial charge on any atom is -0.508 e. The molecule has 0 aliphatic rings. The summed E-state index contributed by atoms with van der Waals surface area (Å²) in [5.74, 6) is -2.51. The minimum atomic E-state index is -1.04. The van der Waals surface area contributed by atoms with Crippen molar-refractivity contribution < 1.29 is 72.1 Å². The number of carbonyl (C=O) groups excluding carboxylic acids is 4. The van der Waals surface area contributed by atoms with Crippen LogP contribution >= 0.6 is 0 Å². The number of ether oxygens (including phenoxy) is 7. The van der Waals surface area contributed by atoms with Crippen molar-refractivity contribution in [1.82, 2.24) is 0 Å². The van der Waals surface area contributed by atoms with E-state index in [9.17, 15) is 29.1 Å². The molecule has 1 unspecified atom stereocenters. The predicted octanol–water partition coefficient (Wildman–Crippen LogP) is 4.40. The third-order valence-electron chi connectivity index (χ3n) is 6.67. The van der Waals surface area contributed by atoms with Gasteiger partial charge in [-0.15, -0.1) is 0 Å². The van der Waals surface area contributed by atoms with E-state index < -0.39 is 29.5 Å². The van der Waals surface area contributed by atoms with E-state index in [-0.39, 0.29) is 80.9 Å². The summed E-state index contributed by atoms with van der Waals surface area (Å²) in [6.07, 6.45) is -0.432. The summed E-state index contributed by atoms with van der Waals surface area (Å²) in [6, 6.07) is 6.86. The number of phenolic OH excluding ortho intramolecular Hbond substituents is 3. The number of carbonyl (C=O) groups is 4. The van der Waals surface area contributed by atoms with E-state index in [2.05, 4.69) is 9.47 Å². The molecule has 3 aromatic rings. The molecular formula is C37H52O16. The second-order valence-corrected chi connectivity index (χ2v) is 10.6. The van der Waals surface area contributed by atoms with E-state index in [0.717, 1.165) is 0 Å². The monoisotopic (exact) mass is 752 g/mol. The Hall–Kier alpha value is -5.35. The molecule has 1 heterocycles.